The van der Waals surface area contributed by atoms with Crippen LogP contribution in [0.15, 0.2) is 59.7 Å². The maximum atomic E-state index is 14.7. The Balaban J connectivity index is 1.64. The fourth-order valence-corrected chi connectivity index (χ4v) is 4.76. The van der Waals surface area contributed by atoms with Crippen LogP contribution in [0.4, 0.5) is 14.5 Å². The van der Waals surface area contributed by atoms with Gasteiger partial charge in [-0.15, -0.1) is 0 Å². The monoisotopic (exact) mass is 485 g/mol. The van der Waals surface area contributed by atoms with Crippen LogP contribution >= 0.6 is 11.6 Å². The second-order valence-electron chi connectivity index (χ2n) is 8.42. The molecule has 2 N–H and O–H groups in total. The zero-order chi connectivity index (χ0) is 24.2. The van der Waals surface area contributed by atoms with Crippen LogP contribution in [0.3, 0.4) is 0 Å². The number of aliphatic imine (C=N–C) groups is 1. The van der Waals surface area contributed by atoms with E-state index in [-0.39, 0.29) is 10.6 Å². The van der Waals surface area contributed by atoms with Gasteiger partial charge in [0.25, 0.3) is 0 Å². The molecule has 2 heterocycles. The third kappa shape index (κ3) is 4.95. The quantitative estimate of drug-likeness (QED) is 0.587. The molecule has 0 radical (unpaired) electrons. The number of rotatable bonds is 5. The fourth-order valence-electron chi connectivity index (χ4n) is 4.45. The lowest BCUT2D eigenvalue weighted by Gasteiger charge is -2.38. The van der Waals surface area contributed by atoms with E-state index < -0.39 is 17.7 Å². The van der Waals surface area contributed by atoms with Gasteiger partial charge < -0.3 is 20.4 Å². The zero-order valence-electron chi connectivity index (χ0n) is 19.5. The van der Waals surface area contributed by atoms with Crippen LogP contribution in [-0.4, -0.2) is 50.0 Å². The molecule has 0 saturated carbocycles. The first-order valence-corrected chi connectivity index (χ1v) is 11.9. The second-order valence-corrected chi connectivity index (χ2v) is 8.80. The summed E-state index contributed by atoms with van der Waals surface area (Å²) in [6.45, 7) is 12.9. The minimum atomic E-state index is -0.643. The average Bonchev–Trinajstić information content (AvgIpc) is 2.86. The molecular formula is C26H30ClF2N5. The molecular weight excluding hydrogens is 456 g/mol. The van der Waals surface area contributed by atoms with Crippen molar-refractivity contribution in [2.75, 3.05) is 44.2 Å². The molecule has 0 spiro atoms. The molecule has 2 aliphatic rings. The van der Waals surface area contributed by atoms with Crippen molar-refractivity contribution in [1.29, 1.82) is 0 Å². The van der Waals surface area contributed by atoms with Gasteiger partial charge in [-0.3, -0.25) is 0 Å². The minimum Gasteiger partial charge on any atom is -0.381 e. The molecule has 0 amide bonds. The standard InChI is InChI=1S/C26H30ClF2N5/c1-4-23(19-5-7-20(8-6-19)33-14-11-30-12-15-33)32-26-17(2)31-13-16-34(26)18(3)24-21(28)9-10-22(29)25(24)27/h4-10,18,30-31H,2,11-16H2,1,3H3/b23-4-,32-26?. The van der Waals surface area contributed by atoms with Crippen molar-refractivity contribution in [2.24, 2.45) is 4.99 Å². The number of hydrogen-bond acceptors (Lipinski definition) is 4. The van der Waals surface area contributed by atoms with Crippen LogP contribution in [0.5, 0.6) is 0 Å². The summed E-state index contributed by atoms with van der Waals surface area (Å²) in [5.41, 5.74) is 3.67. The average molecular weight is 486 g/mol. The highest BCUT2D eigenvalue weighted by Crippen LogP contribution is 2.34. The fraction of sp³-hybridized carbons (Fsp3) is 0.346. The smallest absolute Gasteiger partial charge is 0.152 e. The highest BCUT2D eigenvalue weighted by molar-refractivity contribution is 6.31. The molecule has 2 aromatic carbocycles. The highest BCUT2D eigenvalue weighted by atomic mass is 35.5. The van der Waals surface area contributed by atoms with E-state index in [1.54, 1.807) is 6.92 Å². The van der Waals surface area contributed by atoms with E-state index >= 15 is 0 Å². The Morgan fingerprint density at radius 1 is 1.06 bits per heavy atom. The molecule has 0 aromatic heterocycles. The Kier molecular flexibility index (Phi) is 7.54. The first-order valence-electron chi connectivity index (χ1n) is 11.5. The molecule has 2 saturated heterocycles. The topological polar surface area (TPSA) is 42.9 Å². The minimum absolute atomic E-state index is 0.117. The lowest BCUT2D eigenvalue weighted by molar-refractivity contribution is 0.314. The second kappa shape index (κ2) is 10.6. The van der Waals surface area contributed by atoms with E-state index in [1.807, 2.05) is 17.9 Å². The Morgan fingerprint density at radius 2 is 1.74 bits per heavy atom. The number of amidine groups is 1. The predicted octanol–water partition coefficient (Wildman–Crippen LogP) is 4.97. The lowest BCUT2D eigenvalue weighted by atomic mass is 10.0. The Morgan fingerprint density at radius 3 is 2.41 bits per heavy atom. The van der Waals surface area contributed by atoms with Crippen molar-refractivity contribution in [3.05, 3.63) is 82.5 Å². The first-order chi connectivity index (χ1) is 16.4. The molecule has 2 aromatic rings. The molecule has 1 unspecified atom stereocenters. The number of allylic oxidation sites excluding steroid dienone is 1. The Labute approximate surface area is 204 Å². The van der Waals surface area contributed by atoms with Crippen LogP contribution in [0, 0.1) is 11.6 Å². The van der Waals surface area contributed by atoms with E-state index in [4.69, 9.17) is 16.6 Å². The summed E-state index contributed by atoms with van der Waals surface area (Å²) in [7, 11) is 0. The number of hydrogen-bond donors (Lipinski definition) is 2. The first kappa shape index (κ1) is 24.2. The molecule has 1 atom stereocenters. The Bertz CT molecular complexity index is 1110. The van der Waals surface area contributed by atoms with Gasteiger partial charge in [0.2, 0.25) is 0 Å². The van der Waals surface area contributed by atoms with Crippen molar-refractivity contribution in [1.82, 2.24) is 15.5 Å². The van der Waals surface area contributed by atoms with E-state index in [2.05, 4.69) is 46.4 Å². The molecule has 0 aliphatic carbocycles. The van der Waals surface area contributed by atoms with Gasteiger partial charge in [-0.1, -0.05) is 36.4 Å². The number of nitrogens with one attached hydrogen (secondary N) is 2. The van der Waals surface area contributed by atoms with E-state index in [0.717, 1.165) is 49.6 Å². The van der Waals surface area contributed by atoms with Crippen molar-refractivity contribution in [2.45, 2.75) is 19.9 Å². The summed E-state index contributed by atoms with van der Waals surface area (Å²) < 4.78 is 28.8. The summed E-state index contributed by atoms with van der Waals surface area (Å²) in [4.78, 5) is 9.19. The van der Waals surface area contributed by atoms with Crippen LogP contribution in [0.25, 0.3) is 5.70 Å². The third-order valence-electron chi connectivity index (χ3n) is 6.34. The number of piperazine rings is 2. The maximum absolute atomic E-state index is 14.7. The molecule has 34 heavy (non-hydrogen) atoms. The number of halogens is 3. The summed E-state index contributed by atoms with van der Waals surface area (Å²) in [6.07, 6.45) is 1.94. The normalized spacial score (nSPS) is 19.4. The molecule has 4 rings (SSSR count). The van der Waals surface area contributed by atoms with Crippen LogP contribution < -0.4 is 15.5 Å². The summed E-state index contributed by atoms with van der Waals surface area (Å²) in [5, 5.41) is 6.40. The summed E-state index contributed by atoms with van der Waals surface area (Å²) in [5.74, 6) is -0.606. The lowest BCUT2D eigenvalue weighted by Crippen LogP contribution is -2.47. The zero-order valence-corrected chi connectivity index (χ0v) is 20.3. The van der Waals surface area contributed by atoms with Crippen molar-refractivity contribution >= 4 is 28.8 Å². The molecule has 0 bridgehead atoms. The Hall–Kier alpha value is -2.90. The summed E-state index contributed by atoms with van der Waals surface area (Å²) in [6, 6.07) is 9.97. The molecule has 2 fully saturated rings. The van der Waals surface area contributed by atoms with E-state index in [1.165, 1.54) is 5.69 Å². The predicted molar refractivity (Wildman–Crippen MR) is 136 cm³/mol. The van der Waals surface area contributed by atoms with Gasteiger partial charge in [0, 0.05) is 56.1 Å². The van der Waals surface area contributed by atoms with E-state index in [0.29, 0.717) is 24.6 Å². The largest absolute Gasteiger partial charge is 0.381 e. The van der Waals surface area contributed by atoms with Gasteiger partial charge in [-0.25, -0.2) is 13.8 Å². The third-order valence-corrected chi connectivity index (χ3v) is 6.73. The van der Waals surface area contributed by atoms with Gasteiger partial charge in [0.05, 0.1) is 22.5 Å². The van der Waals surface area contributed by atoms with Crippen molar-refractivity contribution in [3.63, 3.8) is 0 Å². The van der Waals surface area contributed by atoms with E-state index in [9.17, 15) is 8.78 Å². The maximum Gasteiger partial charge on any atom is 0.152 e. The number of nitrogens with zero attached hydrogens (tertiary/aromatic N) is 3. The van der Waals surface area contributed by atoms with Gasteiger partial charge in [-0.05, 0) is 38.1 Å². The van der Waals surface area contributed by atoms with Crippen LogP contribution in [0.1, 0.15) is 31.0 Å². The molecule has 180 valence electrons. The SMILES string of the molecule is C=C1NCCN(C(C)c2c(F)ccc(F)c2Cl)C1=N/C(=C\C)c1ccc(N2CCNCC2)cc1. The molecule has 5 nitrogen and oxygen atoms in total. The molecule has 2 aliphatic heterocycles. The summed E-state index contributed by atoms with van der Waals surface area (Å²) >= 11 is 6.17. The van der Waals surface area contributed by atoms with Crippen molar-refractivity contribution in [3.8, 4) is 0 Å². The number of benzene rings is 2. The number of anilines is 1. The van der Waals surface area contributed by atoms with Gasteiger partial charge in [0.1, 0.15) is 11.6 Å². The van der Waals surface area contributed by atoms with Crippen LogP contribution in [0.2, 0.25) is 5.02 Å². The van der Waals surface area contributed by atoms with Gasteiger partial charge in [0.15, 0.2) is 5.84 Å². The molecule has 8 heteroatoms. The van der Waals surface area contributed by atoms with Crippen LogP contribution in [-0.2, 0) is 0 Å². The highest BCUT2D eigenvalue weighted by Gasteiger charge is 2.29. The van der Waals surface area contributed by atoms with Gasteiger partial charge >= 0.3 is 0 Å². The van der Waals surface area contributed by atoms with Gasteiger partial charge in [-0.2, -0.15) is 0 Å². The van der Waals surface area contributed by atoms with Crippen molar-refractivity contribution < 1.29 is 8.78 Å².